The third-order valence-electron chi connectivity index (χ3n) is 2.87. The maximum atomic E-state index is 13.0. The van der Waals surface area contributed by atoms with E-state index in [0.717, 1.165) is 11.5 Å². The molecule has 19 heavy (non-hydrogen) atoms. The minimum Gasteiger partial charge on any atom is -0.329 e. The topological polar surface area (TPSA) is 33.4 Å². The summed E-state index contributed by atoms with van der Waals surface area (Å²) in [5.74, 6) is 0.487. The summed E-state index contributed by atoms with van der Waals surface area (Å²) in [7, 11) is 1.86. The lowest BCUT2D eigenvalue weighted by Crippen LogP contribution is -2.14. The molecule has 6 heteroatoms. The van der Waals surface area contributed by atoms with Gasteiger partial charge in [-0.2, -0.15) is 9.61 Å². The highest BCUT2D eigenvalue weighted by Gasteiger charge is 2.11. The molecule has 0 N–H and O–H groups in total. The Labute approximate surface area is 114 Å². The number of aromatic nitrogens is 3. The maximum Gasteiger partial charge on any atom is 0.159 e. The van der Waals surface area contributed by atoms with E-state index in [4.69, 9.17) is 11.6 Å². The molecule has 0 fully saturated rings. The number of nitrogens with zero attached hydrogens (tertiary/aromatic N) is 4. The third-order valence-corrected chi connectivity index (χ3v) is 3.06. The lowest BCUT2D eigenvalue weighted by atomic mass is 10.3. The minimum absolute atomic E-state index is 0.269. The van der Waals surface area contributed by atoms with Crippen molar-refractivity contribution in [3.63, 3.8) is 0 Å². The average molecular weight is 277 g/mol. The summed E-state index contributed by atoms with van der Waals surface area (Å²) in [4.78, 5) is 6.03. The first-order valence-electron chi connectivity index (χ1n) is 5.65. The quantitative estimate of drug-likeness (QED) is 0.674. The number of fused-ring (bicyclic) bond motifs is 1. The van der Waals surface area contributed by atoms with Gasteiger partial charge in [-0.25, -0.2) is 9.37 Å². The standard InChI is InChI=1S/C13H10ClFN4/c1-18(10-4-2-9(15)3-5-10)13-8-11(14)17-12-6-7-16-19(12)13/h2-8H,1H3. The Balaban J connectivity index is 2.12. The van der Waals surface area contributed by atoms with Gasteiger partial charge >= 0.3 is 0 Å². The van der Waals surface area contributed by atoms with Gasteiger partial charge < -0.3 is 4.90 Å². The van der Waals surface area contributed by atoms with E-state index in [1.54, 1.807) is 35.0 Å². The molecule has 0 aliphatic rings. The second-order valence-corrected chi connectivity index (χ2v) is 4.46. The summed E-state index contributed by atoms with van der Waals surface area (Å²) >= 11 is 6.00. The highest BCUT2D eigenvalue weighted by molar-refractivity contribution is 6.29. The van der Waals surface area contributed by atoms with E-state index in [0.29, 0.717) is 10.8 Å². The van der Waals surface area contributed by atoms with Crippen molar-refractivity contribution in [2.24, 2.45) is 0 Å². The Morgan fingerprint density at radius 2 is 1.95 bits per heavy atom. The SMILES string of the molecule is CN(c1ccc(F)cc1)c1cc(Cl)nc2ccnn12. The molecule has 3 aromatic rings. The van der Waals surface area contributed by atoms with Gasteiger partial charge in [-0.05, 0) is 24.3 Å². The smallest absolute Gasteiger partial charge is 0.159 e. The number of halogens is 2. The van der Waals surface area contributed by atoms with Crippen molar-refractivity contribution >= 4 is 28.8 Å². The van der Waals surface area contributed by atoms with Gasteiger partial charge in [0.2, 0.25) is 0 Å². The van der Waals surface area contributed by atoms with Crippen molar-refractivity contribution in [3.8, 4) is 0 Å². The van der Waals surface area contributed by atoms with E-state index in [1.807, 2.05) is 11.9 Å². The summed E-state index contributed by atoms with van der Waals surface area (Å²) in [6.07, 6.45) is 1.65. The maximum absolute atomic E-state index is 13.0. The molecule has 0 unspecified atom stereocenters. The van der Waals surface area contributed by atoms with E-state index in [9.17, 15) is 4.39 Å². The Bertz CT molecular complexity index is 723. The molecule has 0 amide bonds. The molecule has 0 radical (unpaired) electrons. The van der Waals surface area contributed by atoms with Crippen molar-refractivity contribution in [2.75, 3.05) is 11.9 Å². The summed E-state index contributed by atoms with van der Waals surface area (Å²) < 4.78 is 14.6. The van der Waals surface area contributed by atoms with Crippen LogP contribution in [0, 0.1) is 5.82 Å². The Hall–Kier alpha value is -2.14. The molecule has 3 rings (SSSR count). The molecular formula is C13H10ClFN4. The minimum atomic E-state index is -0.269. The van der Waals surface area contributed by atoms with Crippen LogP contribution in [0.1, 0.15) is 0 Å². The van der Waals surface area contributed by atoms with Gasteiger partial charge in [0, 0.05) is 24.9 Å². The number of benzene rings is 1. The molecule has 1 aromatic carbocycles. The summed E-state index contributed by atoms with van der Waals surface area (Å²) in [5, 5.41) is 4.59. The molecule has 0 aliphatic carbocycles. The first-order valence-corrected chi connectivity index (χ1v) is 6.02. The second kappa shape index (κ2) is 4.51. The third kappa shape index (κ3) is 2.13. The predicted octanol–water partition coefficient (Wildman–Crippen LogP) is 3.29. The zero-order valence-corrected chi connectivity index (χ0v) is 10.8. The van der Waals surface area contributed by atoms with Gasteiger partial charge in [-0.3, -0.25) is 0 Å². The fourth-order valence-corrected chi connectivity index (χ4v) is 2.09. The molecule has 0 bridgehead atoms. The van der Waals surface area contributed by atoms with Crippen LogP contribution in [0.4, 0.5) is 15.9 Å². The van der Waals surface area contributed by atoms with Crippen LogP contribution in [0.5, 0.6) is 0 Å². The van der Waals surface area contributed by atoms with Gasteiger partial charge in [0.15, 0.2) is 5.65 Å². The summed E-state index contributed by atoms with van der Waals surface area (Å²) in [5.41, 5.74) is 1.50. The van der Waals surface area contributed by atoms with E-state index < -0.39 is 0 Å². The summed E-state index contributed by atoms with van der Waals surface area (Å²) in [6, 6.07) is 9.70. The lowest BCUT2D eigenvalue weighted by Gasteiger charge is -2.20. The first kappa shape index (κ1) is 11.9. The van der Waals surface area contributed by atoms with Gasteiger partial charge in [-0.15, -0.1) is 0 Å². The van der Waals surface area contributed by atoms with Crippen LogP contribution in [-0.2, 0) is 0 Å². The molecule has 0 saturated heterocycles. The molecule has 0 atom stereocenters. The van der Waals surface area contributed by atoms with E-state index in [-0.39, 0.29) is 5.82 Å². The van der Waals surface area contributed by atoms with E-state index in [2.05, 4.69) is 10.1 Å². The molecule has 0 aliphatic heterocycles. The molecule has 96 valence electrons. The number of anilines is 2. The zero-order chi connectivity index (χ0) is 13.4. The Morgan fingerprint density at radius 3 is 2.68 bits per heavy atom. The Morgan fingerprint density at radius 1 is 1.21 bits per heavy atom. The molecule has 2 heterocycles. The van der Waals surface area contributed by atoms with Crippen LogP contribution >= 0.6 is 11.6 Å². The van der Waals surface area contributed by atoms with Crippen molar-refractivity contribution in [3.05, 3.63) is 53.6 Å². The van der Waals surface area contributed by atoms with Crippen LogP contribution < -0.4 is 4.90 Å². The zero-order valence-electron chi connectivity index (χ0n) is 10.1. The van der Waals surface area contributed by atoms with Crippen molar-refractivity contribution in [1.82, 2.24) is 14.6 Å². The number of hydrogen-bond donors (Lipinski definition) is 0. The van der Waals surface area contributed by atoms with Crippen LogP contribution in [-0.4, -0.2) is 21.6 Å². The summed E-state index contributed by atoms with van der Waals surface area (Å²) in [6.45, 7) is 0. The van der Waals surface area contributed by atoms with Crippen LogP contribution in [0.25, 0.3) is 5.65 Å². The fraction of sp³-hybridized carbons (Fsp3) is 0.0769. The number of rotatable bonds is 2. The molecule has 2 aromatic heterocycles. The Kier molecular flexibility index (Phi) is 2.83. The van der Waals surface area contributed by atoms with E-state index >= 15 is 0 Å². The molecular weight excluding hydrogens is 267 g/mol. The molecule has 0 saturated carbocycles. The van der Waals surface area contributed by atoms with Gasteiger partial charge in [0.1, 0.15) is 16.8 Å². The van der Waals surface area contributed by atoms with Gasteiger partial charge in [0.25, 0.3) is 0 Å². The van der Waals surface area contributed by atoms with Crippen LogP contribution in [0.15, 0.2) is 42.6 Å². The fourth-order valence-electron chi connectivity index (χ4n) is 1.90. The van der Waals surface area contributed by atoms with Gasteiger partial charge in [0.05, 0.1) is 6.20 Å². The molecule has 0 spiro atoms. The monoisotopic (exact) mass is 276 g/mol. The van der Waals surface area contributed by atoms with Gasteiger partial charge in [-0.1, -0.05) is 11.6 Å². The van der Waals surface area contributed by atoms with E-state index in [1.165, 1.54) is 12.1 Å². The highest BCUT2D eigenvalue weighted by Crippen LogP contribution is 2.25. The second-order valence-electron chi connectivity index (χ2n) is 4.07. The molecule has 4 nitrogen and oxygen atoms in total. The van der Waals surface area contributed by atoms with Crippen molar-refractivity contribution in [1.29, 1.82) is 0 Å². The lowest BCUT2D eigenvalue weighted by molar-refractivity contribution is 0.628. The first-order chi connectivity index (χ1) is 9.15. The van der Waals surface area contributed by atoms with Crippen molar-refractivity contribution in [2.45, 2.75) is 0 Å². The van der Waals surface area contributed by atoms with Crippen LogP contribution in [0.3, 0.4) is 0 Å². The number of hydrogen-bond acceptors (Lipinski definition) is 3. The highest BCUT2D eigenvalue weighted by atomic mass is 35.5. The van der Waals surface area contributed by atoms with Crippen LogP contribution in [0.2, 0.25) is 5.15 Å². The largest absolute Gasteiger partial charge is 0.329 e. The average Bonchev–Trinajstić information content (AvgIpc) is 2.85. The predicted molar refractivity (Wildman–Crippen MR) is 72.5 cm³/mol. The normalized spacial score (nSPS) is 10.9. The van der Waals surface area contributed by atoms with Crippen molar-refractivity contribution < 1.29 is 4.39 Å².